The molecule has 1 aliphatic heterocycles. The van der Waals surface area contributed by atoms with Crippen molar-refractivity contribution in [2.75, 3.05) is 32.7 Å². The third-order valence-corrected chi connectivity index (χ3v) is 4.70. The molecular weight excluding hydrogens is 314 g/mol. The van der Waals surface area contributed by atoms with Gasteiger partial charge in [-0.15, -0.1) is 0 Å². The second-order valence-electron chi connectivity index (χ2n) is 7.65. The molecule has 25 heavy (non-hydrogen) atoms. The van der Waals surface area contributed by atoms with Gasteiger partial charge in [-0.25, -0.2) is 4.79 Å². The van der Waals surface area contributed by atoms with Crippen molar-refractivity contribution in [3.63, 3.8) is 0 Å². The Kier molecular flexibility index (Phi) is 6.45. The highest BCUT2D eigenvalue weighted by Crippen LogP contribution is 2.22. The number of carbonyl (C=O) groups is 2. The fourth-order valence-corrected chi connectivity index (χ4v) is 3.00. The zero-order chi connectivity index (χ0) is 18.4. The van der Waals surface area contributed by atoms with Crippen LogP contribution in [0.4, 0.5) is 4.79 Å². The Balaban J connectivity index is 1.78. The highest BCUT2D eigenvalue weighted by Gasteiger charge is 2.23. The third-order valence-electron chi connectivity index (χ3n) is 4.70. The molecule has 0 atom stereocenters. The Hall–Kier alpha value is -2.04. The predicted octanol–water partition coefficient (Wildman–Crippen LogP) is 2.79. The summed E-state index contributed by atoms with van der Waals surface area (Å²) in [6.07, 6.45) is 1.29. The summed E-state index contributed by atoms with van der Waals surface area (Å²) >= 11 is 0. The van der Waals surface area contributed by atoms with Crippen molar-refractivity contribution >= 4 is 11.9 Å². The highest BCUT2D eigenvalue weighted by molar-refractivity contribution is 5.78. The molecule has 1 aromatic carbocycles. The molecule has 1 saturated heterocycles. The minimum absolute atomic E-state index is 0.0338. The minimum atomic E-state index is -0.0338. The maximum absolute atomic E-state index is 12.4. The van der Waals surface area contributed by atoms with Gasteiger partial charge in [0.15, 0.2) is 0 Å². The number of nitrogens with one attached hydrogen (secondary N) is 1. The Morgan fingerprint density at radius 1 is 1.00 bits per heavy atom. The first kappa shape index (κ1) is 19.3. The number of hydrogen-bond acceptors (Lipinski definition) is 2. The molecule has 2 rings (SSSR count). The molecule has 0 bridgehead atoms. The van der Waals surface area contributed by atoms with Crippen molar-refractivity contribution in [2.45, 2.75) is 46.0 Å². The number of benzene rings is 1. The summed E-state index contributed by atoms with van der Waals surface area (Å²) in [5.41, 5.74) is 2.66. The molecule has 0 unspecified atom stereocenters. The van der Waals surface area contributed by atoms with Gasteiger partial charge in [-0.05, 0) is 29.9 Å². The van der Waals surface area contributed by atoms with Crippen molar-refractivity contribution < 1.29 is 9.59 Å². The molecule has 138 valence electrons. The third kappa shape index (κ3) is 5.48. The van der Waals surface area contributed by atoms with Gasteiger partial charge < -0.3 is 15.1 Å². The number of amides is 3. The molecule has 1 aliphatic rings. The lowest BCUT2D eigenvalue weighted by Crippen LogP contribution is -2.53. The van der Waals surface area contributed by atoms with E-state index in [0.29, 0.717) is 39.1 Å². The predicted molar refractivity (Wildman–Crippen MR) is 101 cm³/mol. The van der Waals surface area contributed by atoms with Crippen LogP contribution in [-0.2, 0) is 16.6 Å². The summed E-state index contributed by atoms with van der Waals surface area (Å²) in [6.45, 7) is 11.6. The van der Waals surface area contributed by atoms with E-state index in [1.54, 1.807) is 4.90 Å². The van der Waals surface area contributed by atoms with Crippen LogP contribution >= 0.6 is 0 Å². The lowest BCUT2D eigenvalue weighted by molar-refractivity contribution is -0.132. The van der Waals surface area contributed by atoms with Crippen LogP contribution in [0.15, 0.2) is 24.3 Å². The zero-order valence-corrected chi connectivity index (χ0v) is 16.0. The monoisotopic (exact) mass is 345 g/mol. The Morgan fingerprint density at radius 3 is 2.08 bits per heavy atom. The van der Waals surface area contributed by atoms with E-state index in [4.69, 9.17) is 0 Å². The van der Waals surface area contributed by atoms with Crippen LogP contribution in [-0.4, -0.2) is 54.5 Å². The fraction of sp³-hybridized carbons (Fsp3) is 0.600. The van der Waals surface area contributed by atoms with Gasteiger partial charge in [0.25, 0.3) is 0 Å². The largest absolute Gasteiger partial charge is 0.339 e. The van der Waals surface area contributed by atoms with Gasteiger partial charge in [-0.3, -0.25) is 4.79 Å². The van der Waals surface area contributed by atoms with Gasteiger partial charge in [0.2, 0.25) is 5.91 Å². The number of nitrogens with zero attached hydrogens (tertiary/aromatic N) is 2. The number of rotatable bonds is 4. The van der Waals surface area contributed by atoms with Crippen LogP contribution in [0.5, 0.6) is 0 Å². The minimum Gasteiger partial charge on any atom is -0.339 e. The van der Waals surface area contributed by atoms with E-state index in [0.717, 1.165) is 6.42 Å². The van der Waals surface area contributed by atoms with E-state index in [2.05, 4.69) is 50.4 Å². The lowest BCUT2D eigenvalue weighted by atomic mass is 9.86. The lowest BCUT2D eigenvalue weighted by Gasteiger charge is -2.34. The van der Waals surface area contributed by atoms with Gasteiger partial charge in [-0.1, -0.05) is 45.0 Å². The molecule has 1 N–H and O–H groups in total. The van der Waals surface area contributed by atoms with Crippen molar-refractivity contribution in [2.24, 2.45) is 0 Å². The number of aryl methyl sites for hydroxylation is 1. The number of urea groups is 1. The van der Waals surface area contributed by atoms with Crippen molar-refractivity contribution in [1.29, 1.82) is 0 Å². The molecule has 5 heteroatoms. The molecule has 0 saturated carbocycles. The first-order chi connectivity index (χ1) is 11.8. The molecule has 5 nitrogen and oxygen atoms in total. The Labute approximate surface area is 151 Å². The van der Waals surface area contributed by atoms with Crippen LogP contribution < -0.4 is 5.32 Å². The second-order valence-corrected chi connectivity index (χ2v) is 7.65. The van der Waals surface area contributed by atoms with E-state index in [-0.39, 0.29) is 17.4 Å². The van der Waals surface area contributed by atoms with Gasteiger partial charge >= 0.3 is 6.03 Å². The second kappa shape index (κ2) is 8.37. The van der Waals surface area contributed by atoms with Crippen LogP contribution in [0.3, 0.4) is 0 Å². The molecule has 0 aromatic heterocycles. The quantitative estimate of drug-likeness (QED) is 0.912. The van der Waals surface area contributed by atoms with Crippen LogP contribution in [0.2, 0.25) is 0 Å². The summed E-state index contributed by atoms with van der Waals surface area (Å²) in [4.78, 5) is 27.9. The highest BCUT2D eigenvalue weighted by atomic mass is 16.2. The maximum Gasteiger partial charge on any atom is 0.317 e. The van der Waals surface area contributed by atoms with Crippen molar-refractivity contribution in [3.05, 3.63) is 35.4 Å². The molecular formula is C20H31N3O2. The summed E-state index contributed by atoms with van der Waals surface area (Å²) in [5.74, 6) is 0.176. The SMILES string of the molecule is CCNC(=O)N1CCN(C(=O)CCc2ccc(C(C)(C)C)cc2)CC1. The smallest absolute Gasteiger partial charge is 0.317 e. The van der Waals surface area contributed by atoms with Gasteiger partial charge in [0, 0.05) is 39.1 Å². The molecule has 1 aromatic rings. The molecule has 3 amide bonds. The average molecular weight is 345 g/mol. The molecule has 0 spiro atoms. The number of hydrogen-bond donors (Lipinski definition) is 1. The Morgan fingerprint density at radius 2 is 1.56 bits per heavy atom. The average Bonchev–Trinajstić information content (AvgIpc) is 2.59. The van der Waals surface area contributed by atoms with Crippen LogP contribution in [0.25, 0.3) is 0 Å². The van der Waals surface area contributed by atoms with Gasteiger partial charge in [0.1, 0.15) is 0 Å². The summed E-state index contributed by atoms with van der Waals surface area (Å²) in [7, 11) is 0. The normalized spacial score (nSPS) is 15.2. The molecule has 0 radical (unpaired) electrons. The van der Waals surface area contributed by atoms with E-state index < -0.39 is 0 Å². The molecule has 1 fully saturated rings. The summed E-state index contributed by atoms with van der Waals surface area (Å²) in [6, 6.07) is 8.53. The van der Waals surface area contributed by atoms with Crippen molar-refractivity contribution in [1.82, 2.24) is 15.1 Å². The van der Waals surface area contributed by atoms with Crippen LogP contribution in [0, 0.1) is 0 Å². The van der Waals surface area contributed by atoms with E-state index >= 15 is 0 Å². The van der Waals surface area contributed by atoms with Crippen molar-refractivity contribution in [3.8, 4) is 0 Å². The molecule has 1 heterocycles. The van der Waals surface area contributed by atoms with E-state index in [1.807, 2.05) is 11.8 Å². The van der Waals surface area contributed by atoms with E-state index in [1.165, 1.54) is 11.1 Å². The topological polar surface area (TPSA) is 52.7 Å². The zero-order valence-electron chi connectivity index (χ0n) is 16.0. The fourth-order valence-electron chi connectivity index (χ4n) is 3.00. The number of carbonyl (C=O) groups excluding carboxylic acids is 2. The maximum atomic E-state index is 12.4. The van der Waals surface area contributed by atoms with Crippen LogP contribution in [0.1, 0.15) is 45.2 Å². The number of piperazine rings is 1. The Bertz CT molecular complexity index is 582. The standard InChI is InChI=1S/C20H31N3O2/c1-5-21-19(25)23-14-12-22(13-15-23)18(24)11-8-16-6-9-17(10-7-16)20(2,3)4/h6-7,9-10H,5,8,11-15H2,1-4H3,(H,21,25). The first-order valence-corrected chi connectivity index (χ1v) is 9.21. The van der Waals surface area contributed by atoms with E-state index in [9.17, 15) is 9.59 Å². The first-order valence-electron chi connectivity index (χ1n) is 9.21. The molecule has 0 aliphatic carbocycles. The summed E-state index contributed by atoms with van der Waals surface area (Å²) in [5, 5.41) is 2.80. The van der Waals surface area contributed by atoms with Gasteiger partial charge in [-0.2, -0.15) is 0 Å². The summed E-state index contributed by atoms with van der Waals surface area (Å²) < 4.78 is 0. The van der Waals surface area contributed by atoms with Gasteiger partial charge in [0.05, 0.1) is 0 Å².